The Balaban J connectivity index is 1.89. The van der Waals surface area contributed by atoms with E-state index in [1.165, 1.54) is 7.11 Å². The van der Waals surface area contributed by atoms with Crippen molar-refractivity contribution in [3.05, 3.63) is 47.8 Å². The zero-order valence-electron chi connectivity index (χ0n) is 15.8. The Morgan fingerprint density at radius 2 is 2.15 bits per heavy atom. The Bertz CT molecular complexity index is 792. The van der Waals surface area contributed by atoms with E-state index in [1.54, 1.807) is 23.6 Å². The largest absolute Gasteiger partial charge is 0.467 e. The number of ether oxygens (including phenoxy) is 1. The number of nitrogens with zero attached hydrogens (tertiary/aromatic N) is 3. The molecule has 8 heteroatoms. The minimum absolute atomic E-state index is 0.0356. The van der Waals surface area contributed by atoms with Crippen LogP contribution in [0.5, 0.6) is 0 Å². The summed E-state index contributed by atoms with van der Waals surface area (Å²) in [6, 6.07) is 2.42. The standard InChI is InChI=1S/C19H25N5O3/c1-4-12(2)15(18(25)27-3)23-19(26)24-10-7-14-16(22-11-21-14)17(24)13-5-8-20-9-6-13/h5-6,8-9,11-12,15,17H,4,7,10H2,1-3H3,(H,21,22)(H,23,26)/t12-,15+,17-/m1/s1. The first-order valence-electron chi connectivity index (χ1n) is 9.13. The summed E-state index contributed by atoms with van der Waals surface area (Å²) in [5.74, 6) is -0.470. The van der Waals surface area contributed by atoms with Crippen LogP contribution in [0, 0.1) is 5.92 Å². The number of hydrogen-bond donors (Lipinski definition) is 2. The van der Waals surface area contributed by atoms with E-state index in [4.69, 9.17) is 4.74 Å². The molecule has 0 fully saturated rings. The molecular weight excluding hydrogens is 346 g/mol. The van der Waals surface area contributed by atoms with Crippen LogP contribution in [-0.2, 0) is 16.0 Å². The first-order chi connectivity index (χ1) is 13.1. The van der Waals surface area contributed by atoms with Gasteiger partial charge in [-0.15, -0.1) is 0 Å². The van der Waals surface area contributed by atoms with Crippen molar-refractivity contribution in [2.45, 2.75) is 38.8 Å². The number of rotatable bonds is 5. The summed E-state index contributed by atoms with van der Waals surface area (Å²) in [6.07, 6.45) is 6.47. The van der Waals surface area contributed by atoms with Gasteiger partial charge in [-0.2, -0.15) is 0 Å². The number of pyridine rings is 1. The molecule has 2 N–H and O–H groups in total. The third-order valence-corrected chi connectivity index (χ3v) is 5.15. The lowest BCUT2D eigenvalue weighted by molar-refractivity contribution is -0.144. The van der Waals surface area contributed by atoms with E-state index >= 15 is 0 Å². The molecule has 3 atom stereocenters. The van der Waals surface area contributed by atoms with Crippen LogP contribution >= 0.6 is 0 Å². The van der Waals surface area contributed by atoms with Crippen molar-refractivity contribution in [2.24, 2.45) is 5.92 Å². The first-order valence-corrected chi connectivity index (χ1v) is 9.13. The monoisotopic (exact) mass is 371 g/mol. The molecule has 2 aromatic heterocycles. The molecule has 0 radical (unpaired) electrons. The van der Waals surface area contributed by atoms with Gasteiger partial charge in [0.05, 0.1) is 19.1 Å². The molecule has 1 aliphatic rings. The number of hydrogen-bond acceptors (Lipinski definition) is 5. The zero-order chi connectivity index (χ0) is 19.4. The topological polar surface area (TPSA) is 100 Å². The number of carbonyl (C=O) groups excluding carboxylic acids is 2. The highest BCUT2D eigenvalue weighted by atomic mass is 16.5. The number of imidazole rings is 1. The lowest BCUT2D eigenvalue weighted by Crippen LogP contribution is -2.53. The van der Waals surface area contributed by atoms with Gasteiger partial charge in [0.25, 0.3) is 0 Å². The molecule has 8 nitrogen and oxygen atoms in total. The number of methoxy groups -OCH3 is 1. The van der Waals surface area contributed by atoms with Gasteiger partial charge in [-0.25, -0.2) is 14.6 Å². The van der Waals surface area contributed by atoms with Crippen molar-refractivity contribution in [2.75, 3.05) is 13.7 Å². The number of urea groups is 1. The number of aromatic nitrogens is 3. The maximum absolute atomic E-state index is 13.1. The molecule has 0 unspecified atom stereocenters. The number of amides is 2. The number of carbonyl (C=O) groups is 2. The number of fused-ring (bicyclic) bond motifs is 1. The maximum atomic E-state index is 13.1. The Morgan fingerprint density at radius 1 is 1.41 bits per heavy atom. The van der Waals surface area contributed by atoms with Gasteiger partial charge in [-0.05, 0) is 23.6 Å². The van der Waals surface area contributed by atoms with Gasteiger partial charge in [-0.1, -0.05) is 20.3 Å². The molecule has 3 heterocycles. The van der Waals surface area contributed by atoms with Gasteiger partial charge in [0.1, 0.15) is 12.1 Å². The molecule has 0 aliphatic carbocycles. The fraction of sp³-hybridized carbons (Fsp3) is 0.474. The number of esters is 1. The summed E-state index contributed by atoms with van der Waals surface area (Å²) in [7, 11) is 1.33. The molecule has 0 bridgehead atoms. The molecule has 2 aromatic rings. The first kappa shape index (κ1) is 18.9. The van der Waals surface area contributed by atoms with Crippen molar-refractivity contribution in [1.82, 2.24) is 25.2 Å². The zero-order valence-corrected chi connectivity index (χ0v) is 15.8. The third-order valence-electron chi connectivity index (χ3n) is 5.15. The van der Waals surface area contributed by atoms with E-state index in [2.05, 4.69) is 20.3 Å². The predicted molar refractivity (Wildman–Crippen MR) is 98.9 cm³/mol. The van der Waals surface area contributed by atoms with Gasteiger partial charge in [0.2, 0.25) is 0 Å². The summed E-state index contributed by atoms with van der Waals surface area (Å²) in [4.78, 5) is 38.7. The maximum Gasteiger partial charge on any atom is 0.328 e. The number of H-pyrrole nitrogens is 1. The lowest BCUT2D eigenvalue weighted by atomic mass is 9.96. The van der Waals surface area contributed by atoms with Crippen molar-refractivity contribution in [3.63, 3.8) is 0 Å². The van der Waals surface area contributed by atoms with Crippen LogP contribution in [0.2, 0.25) is 0 Å². The fourth-order valence-electron chi connectivity index (χ4n) is 3.39. The lowest BCUT2D eigenvalue weighted by Gasteiger charge is -2.36. The van der Waals surface area contributed by atoms with Crippen molar-refractivity contribution in [1.29, 1.82) is 0 Å². The molecule has 1 aliphatic heterocycles. The fourth-order valence-corrected chi connectivity index (χ4v) is 3.39. The second-order valence-corrected chi connectivity index (χ2v) is 6.73. The van der Waals surface area contributed by atoms with E-state index in [0.717, 1.165) is 23.4 Å². The third kappa shape index (κ3) is 3.79. The van der Waals surface area contributed by atoms with Crippen LogP contribution in [0.25, 0.3) is 0 Å². The van der Waals surface area contributed by atoms with E-state index in [1.807, 2.05) is 26.0 Å². The highest BCUT2D eigenvalue weighted by Crippen LogP contribution is 2.33. The molecule has 0 aromatic carbocycles. The Hall–Kier alpha value is -2.90. The predicted octanol–water partition coefficient (Wildman–Crippen LogP) is 2.05. The van der Waals surface area contributed by atoms with Crippen LogP contribution in [0.4, 0.5) is 4.79 Å². The molecule has 0 saturated carbocycles. The van der Waals surface area contributed by atoms with E-state index in [-0.39, 0.29) is 18.0 Å². The van der Waals surface area contributed by atoms with Gasteiger partial charge < -0.3 is 19.9 Å². The summed E-state index contributed by atoms with van der Waals surface area (Å²) in [6.45, 7) is 4.41. The average molecular weight is 371 g/mol. The van der Waals surface area contributed by atoms with Crippen molar-refractivity contribution < 1.29 is 14.3 Å². The summed E-state index contributed by atoms with van der Waals surface area (Å²) >= 11 is 0. The number of aromatic amines is 1. The van der Waals surface area contributed by atoms with E-state index in [9.17, 15) is 9.59 Å². The van der Waals surface area contributed by atoms with Crippen LogP contribution in [0.15, 0.2) is 30.9 Å². The minimum Gasteiger partial charge on any atom is -0.467 e. The van der Waals surface area contributed by atoms with Gasteiger partial charge in [0.15, 0.2) is 0 Å². The average Bonchev–Trinajstić information content (AvgIpc) is 3.19. The van der Waals surface area contributed by atoms with Crippen LogP contribution < -0.4 is 5.32 Å². The minimum atomic E-state index is -0.689. The molecular formula is C19H25N5O3. The van der Waals surface area contributed by atoms with Crippen molar-refractivity contribution in [3.8, 4) is 0 Å². The Morgan fingerprint density at radius 3 is 2.81 bits per heavy atom. The molecule has 2 amide bonds. The second-order valence-electron chi connectivity index (χ2n) is 6.73. The van der Waals surface area contributed by atoms with Gasteiger partial charge >= 0.3 is 12.0 Å². The molecule has 3 rings (SSSR count). The summed E-state index contributed by atoms with van der Waals surface area (Å²) in [5.41, 5.74) is 2.76. The Kier molecular flexibility index (Phi) is 5.73. The molecule has 0 spiro atoms. The van der Waals surface area contributed by atoms with E-state index in [0.29, 0.717) is 13.0 Å². The van der Waals surface area contributed by atoms with Crippen molar-refractivity contribution >= 4 is 12.0 Å². The molecule has 27 heavy (non-hydrogen) atoms. The van der Waals surface area contributed by atoms with Crippen LogP contribution in [-0.4, -0.2) is 51.5 Å². The van der Waals surface area contributed by atoms with Crippen LogP contribution in [0.1, 0.15) is 43.3 Å². The highest BCUT2D eigenvalue weighted by Gasteiger charge is 2.36. The highest BCUT2D eigenvalue weighted by molar-refractivity contribution is 5.84. The van der Waals surface area contributed by atoms with Crippen LogP contribution in [0.3, 0.4) is 0 Å². The quantitative estimate of drug-likeness (QED) is 0.784. The summed E-state index contributed by atoms with van der Waals surface area (Å²) in [5, 5.41) is 2.87. The van der Waals surface area contributed by atoms with Gasteiger partial charge in [0, 0.05) is 31.1 Å². The SMILES string of the molecule is CC[C@@H](C)[C@H](NC(=O)N1CCc2[nH]cnc2[C@H]1c1ccncc1)C(=O)OC. The Labute approximate surface area is 158 Å². The smallest absolute Gasteiger partial charge is 0.328 e. The number of nitrogens with one attached hydrogen (secondary N) is 2. The summed E-state index contributed by atoms with van der Waals surface area (Å²) < 4.78 is 4.88. The molecule has 144 valence electrons. The molecule has 0 saturated heterocycles. The van der Waals surface area contributed by atoms with E-state index < -0.39 is 12.0 Å². The van der Waals surface area contributed by atoms with Gasteiger partial charge in [-0.3, -0.25) is 4.98 Å². The second kappa shape index (κ2) is 8.20. The normalized spacial score (nSPS) is 18.3.